The molecule has 2 aromatic rings. The summed E-state index contributed by atoms with van der Waals surface area (Å²) in [7, 11) is 0. The van der Waals surface area contributed by atoms with Crippen LogP contribution in [0.1, 0.15) is 24.0 Å². The molecule has 5 nitrogen and oxygen atoms in total. The number of carbonyl (C=O) groups is 1. The van der Waals surface area contributed by atoms with Crippen molar-refractivity contribution in [3.05, 3.63) is 59.7 Å². The van der Waals surface area contributed by atoms with Crippen LogP contribution in [0.5, 0.6) is 11.5 Å². The summed E-state index contributed by atoms with van der Waals surface area (Å²) in [5.74, 6) is 1.41. The van der Waals surface area contributed by atoms with Crippen LogP contribution in [0.25, 0.3) is 0 Å². The highest BCUT2D eigenvalue weighted by Crippen LogP contribution is 2.26. The fourth-order valence-corrected chi connectivity index (χ4v) is 2.85. The maximum absolute atomic E-state index is 12.3. The normalized spacial score (nSPS) is 19.6. The molecule has 0 spiro atoms. The van der Waals surface area contributed by atoms with Gasteiger partial charge in [0.15, 0.2) is 0 Å². The Balaban J connectivity index is 1.61. The van der Waals surface area contributed by atoms with Crippen molar-refractivity contribution >= 4 is 5.91 Å². The monoisotopic (exact) mass is 340 g/mol. The van der Waals surface area contributed by atoms with E-state index >= 15 is 0 Å². The van der Waals surface area contributed by atoms with E-state index in [1.54, 1.807) is 0 Å². The van der Waals surface area contributed by atoms with Crippen LogP contribution in [0, 0.1) is 6.92 Å². The number of rotatable bonds is 6. The first-order chi connectivity index (χ1) is 12.2. The van der Waals surface area contributed by atoms with E-state index in [2.05, 4.69) is 5.32 Å². The molecule has 0 bridgehead atoms. The second-order valence-electron chi connectivity index (χ2n) is 6.30. The van der Waals surface area contributed by atoms with Crippen molar-refractivity contribution < 1.29 is 14.3 Å². The van der Waals surface area contributed by atoms with Crippen LogP contribution in [0.3, 0.4) is 0 Å². The van der Waals surface area contributed by atoms with Crippen molar-refractivity contribution in [3.8, 4) is 11.5 Å². The van der Waals surface area contributed by atoms with E-state index in [9.17, 15) is 4.79 Å². The van der Waals surface area contributed by atoms with Crippen molar-refractivity contribution in [2.75, 3.05) is 6.54 Å². The molecular formula is C20H24N2O3. The quantitative estimate of drug-likeness (QED) is 0.848. The number of carbonyl (C=O) groups excluding carboxylic acids is 1. The second kappa shape index (κ2) is 8.14. The third-order valence-corrected chi connectivity index (χ3v) is 4.34. The lowest BCUT2D eigenvalue weighted by atomic mass is 10.1. The summed E-state index contributed by atoms with van der Waals surface area (Å²) in [6.45, 7) is 2.89. The van der Waals surface area contributed by atoms with E-state index in [1.807, 2.05) is 55.5 Å². The molecule has 5 heteroatoms. The van der Waals surface area contributed by atoms with Gasteiger partial charge in [-0.05, 0) is 38.0 Å². The van der Waals surface area contributed by atoms with E-state index in [0.717, 1.165) is 29.9 Å². The van der Waals surface area contributed by atoms with E-state index in [-0.39, 0.29) is 12.0 Å². The zero-order chi connectivity index (χ0) is 17.6. The maximum atomic E-state index is 12.3. The predicted octanol–water partition coefficient (Wildman–Crippen LogP) is 2.91. The fraction of sp³-hybridized carbons (Fsp3) is 0.350. The Kier molecular flexibility index (Phi) is 5.68. The minimum atomic E-state index is -0.404. The molecule has 3 N–H and O–H groups in total. The van der Waals surface area contributed by atoms with Gasteiger partial charge in [-0.3, -0.25) is 4.79 Å². The van der Waals surface area contributed by atoms with Gasteiger partial charge in [-0.1, -0.05) is 35.9 Å². The molecule has 132 valence electrons. The van der Waals surface area contributed by atoms with Crippen LogP contribution < -0.4 is 15.8 Å². The summed E-state index contributed by atoms with van der Waals surface area (Å²) in [5, 5.41) is 2.94. The smallest absolute Gasteiger partial charge is 0.249 e. The van der Waals surface area contributed by atoms with Crippen LogP contribution in [0.4, 0.5) is 0 Å². The largest absolute Gasteiger partial charge is 0.457 e. The van der Waals surface area contributed by atoms with E-state index in [1.165, 1.54) is 5.56 Å². The van der Waals surface area contributed by atoms with Crippen LogP contribution >= 0.6 is 0 Å². The molecule has 1 fully saturated rings. The summed E-state index contributed by atoms with van der Waals surface area (Å²) in [5.41, 5.74) is 7.69. The number of ether oxygens (including phenoxy) is 2. The molecule has 2 atom stereocenters. The molecule has 0 aromatic heterocycles. The van der Waals surface area contributed by atoms with Gasteiger partial charge in [0, 0.05) is 18.7 Å². The minimum Gasteiger partial charge on any atom is -0.457 e. The van der Waals surface area contributed by atoms with E-state index in [4.69, 9.17) is 15.2 Å². The van der Waals surface area contributed by atoms with Crippen LogP contribution in [-0.2, 0) is 16.1 Å². The number of benzene rings is 2. The molecule has 25 heavy (non-hydrogen) atoms. The molecule has 0 saturated carbocycles. The summed E-state index contributed by atoms with van der Waals surface area (Å²) in [6.07, 6.45) is 1.14. The Hall–Kier alpha value is -2.37. The lowest BCUT2D eigenvalue weighted by molar-refractivity contribution is -0.132. The Morgan fingerprint density at radius 1 is 1.20 bits per heavy atom. The Morgan fingerprint density at radius 2 is 1.96 bits per heavy atom. The van der Waals surface area contributed by atoms with E-state index < -0.39 is 6.10 Å². The molecule has 3 rings (SSSR count). The molecule has 1 aliphatic heterocycles. The molecule has 1 amide bonds. The number of hydrogen-bond donors (Lipinski definition) is 2. The second-order valence-corrected chi connectivity index (χ2v) is 6.30. The van der Waals surface area contributed by atoms with Gasteiger partial charge in [0.2, 0.25) is 5.91 Å². The minimum absolute atomic E-state index is 0.00657. The van der Waals surface area contributed by atoms with Gasteiger partial charge in [0.25, 0.3) is 0 Å². The first-order valence-corrected chi connectivity index (χ1v) is 8.61. The van der Waals surface area contributed by atoms with Crippen molar-refractivity contribution in [1.29, 1.82) is 0 Å². The van der Waals surface area contributed by atoms with Gasteiger partial charge >= 0.3 is 0 Å². The molecule has 1 saturated heterocycles. The summed E-state index contributed by atoms with van der Waals surface area (Å²) in [4.78, 5) is 12.3. The third kappa shape index (κ3) is 4.59. The molecule has 0 unspecified atom stereocenters. The summed E-state index contributed by atoms with van der Waals surface area (Å²) < 4.78 is 11.6. The topological polar surface area (TPSA) is 73.6 Å². The molecule has 1 aliphatic rings. The summed E-state index contributed by atoms with van der Waals surface area (Å²) >= 11 is 0. The molecule has 0 aliphatic carbocycles. The molecular weight excluding hydrogens is 316 g/mol. The number of para-hydroxylation sites is 1. The highest BCUT2D eigenvalue weighted by atomic mass is 16.5. The number of nitrogens with two attached hydrogens (primary N) is 1. The average molecular weight is 340 g/mol. The average Bonchev–Trinajstić information content (AvgIpc) is 3.12. The van der Waals surface area contributed by atoms with Crippen LogP contribution in [-0.4, -0.2) is 24.7 Å². The van der Waals surface area contributed by atoms with Gasteiger partial charge in [-0.2, -0.15) is 0 Å². The van der Waals surface area contributed by atoms with Gasteiger partial charge in [0.05, 0.1) is 6.10 Å². The molecule has 1 heterocycles. The number of hydrogen-bond acceptors (Lipinski definition) is 4. The highest BCUT2D eigenvalue weighted by Gasteiger charge is 2.29. The van der Waals surface area contributed by atoms with Gasteiger partial charge < -0.3 is 20.5 Å². The SMILES string of the molecule is Cc1ccc(Oc2ccccc2CNC(=O)[C@@H]2CC[C@H](CN)O2)cc1. The lowest BCUT2D eigenvalue weighted by Crippen LogP contribution is -2.35. The third-order valence-electron chi connectivity index (χ3n) is 4.34. The Bertz CT molecular complexity index is 715. The first-order valence-electron chi connectivity index (χ1n) is 8.61. The molecule has 2 aromatic carbocycles. The van der Waals surface area contributed by atoms with Crippen LogP contribution in [0.15, 0.2) is 48.5 Å². The zero-order valence-corrected chi connectivity index (χ0v) is 14.4. The van der Waals surface area contributed by atoms with Gasteiger partial charge in [-0.15, -0.1) is 0 Å². The first kappa shape index (κ1) is 17.5. The van der Waals surface area contributed by atoms with Gasteiger partial charge in [-0.25, -0.2) is 0 Å². The van der Waals surface area contributed by atoms with Crippen molar-refractivity contribution in [2.24, 2.45) is 5.73 Å². The highest BCUT2D eigenvalue weighted by molar-refractivity contribution is 5.81. The van der Waals surface area contributed by atoms with Crippen molar-refractivity contribution in [2.45, 2.75) is 38.5 Å². The summed E-state index contributed by atoms with van der Waals surface area (Å²) in [6, 6.07) is 15.6. The van der Waals surface area contributed by atoms with E-state index in [0.29, 0.717) is 13.1 Å². The predicted molar refractivity (Wildman–Crippen MR) is 96.5 cm³/mol. The number of nitrogens with one attached hydrogen (secondary N) is 1. The maximum Gasteiger partial charge on any atom is 0.249 e. The standard InChI is InChI=1S/C20H24N2O3/c1-14-6-8-16(9-7-14)24-18-5-3-2-4-15(18)13-22-20(23)19-11-10-17(12-21)25-19/h2-9,17,19H,10-13,21H2,1H3,(H,22,23)/t17-,19+/m1/s1. The Morgan fingerprint density at radius 3 is 2.68 bits per heavy atom. The van der Waals surface area contributed by atoms with Crippen LogP contribution in [0.2, 0.25) is 0 Å². The van der Waals surface area contributed by atoms with Crippen molar-refractivity contribution in [3.63, 3.8) is 0 Å². The Labute approximate surface area is 148 Å². The number of amides is 1. The molecule has 0 radical (unpaired) electrons. The van der Waals surface area contributed by atoms with Crippen molar-refractivity contribution in [1.82, 2.24) is 5.32 Å². The lowest BCUT2D eigenvalue weighted by Gasteiger charge is -2.15. The fourth-order valence-electron chi connectivity index (χ4n) is 2.85. The van der Waals surface area contributed by atoms with Gasteiger partial charge in [0.1, 0.15) is 17.6 Å². The number of aryl methyl sites for hydroxylation is 1. The zero-order valence-electron chi connectivity index (χ0n) is 14.4.